The van der Waals surface area contributed by atoms with E-state index in [0.717, 1.165) is 18.0 Å². The average Bonchev–Trinajstić information content (AvgIpc) is 2.61. The number of aromatic nitrogens is 2. The molecule has 0 saturated carbocycles. The Kier molecular flexibility index (Phi) is 5.60. The van der Waals surface area contributed by atoms with Crippen molar-refractivity contribution < 1.29 is 9.90 Å². The summed E-state index contributed by atoms with van der Waals surface area (Å²) in [6, 6.07) is 8.59. The van der Waals surface area contributed by atoms with Crippen molar-refractivity contribution in [3.05, 3.63) is 53.5 Å². The number of carboxylic acid groups (broad SMARTS) is 1. The summed E-state index contributed by atoms with van der Waals surface area (Å²) in [5.41, 5.74) is 2.44. The fourth-order valence-corrected chi connectivity index (χ4v) is 3.17. The maximum Gasteiger partial charge on any atom is 0.356 e. The smallest absolute Gasteiger partial charge is 0.356 e. The standard InChI is InChI=1S/C19H24N4O2/c1-14-3-2-8-23(12-14)13-16-6-4-15(5-7-16)9-21-18-11-20-17(10-22-18)19(24)25/h4-7,10-11,14H,2-3,8-9,12-13H2,1H3,(H,21,22)(H,24,25). The van der Waals surface area contributed by atoms with E-state index in [1.54, 1.807) is 0 Å². The Bertz CT molecular complexity index is 700. The van der Waals surface area contributed by atoms with Crippen LogP contribution in [0.1, 0.15) is 41.4 Å². The molecular formula is C19H24N4O2. The maximum atomic E-state index is 10.8. The molecule has 3 rings (SSSR count). The van der Waals surface area contributed by atoms with Crippen LogP contribution in [0.4, 0.5) is 5.82 Å². The number of carboxylic acids is 1. The molecule has 0 spiro atoms. The summed E-state index contributed by atoms with van der Waals surface area (Å²) in [6.07, 6.45) is 5.34. The molecule has 25 heavy (non-hydrogen) atoms. The molecule has 132 valence electrons. The molecule has 1 aromatic carbocycles. The van der Waals surface area contributed by atoms with Gasteiger partial charge in [0, 0.05) is 19.6 Å². The molecule has 2 heterocycles. The summed E-state index contributed by atoms with van der Waals surface area (Å²) >= 11 is 0. The highest BCUT2D eigenvalue weighted by Gasteiger charge is 2.16. The van der Waals surface area contributed by atoms with Crippen LogP contribution in [0.2, 0.25) is 0 Å². The largest absolute Gasteiger partial charge is 0.476 e. The number of nitrogens with zero attached hydrogens (tertiary/aromatic N) is 3. The molecule has 1 unspecified atom stereocenters. The molecule has 1 saturated heterocycles. The topological polar surface area (TPSA) is 78.4 Å². The minimum atomic E-state index is -1.07. The third kappa shape index (κ3) is 5.00. The quantitative estimate of drug-likeness (QED) is 0.841. The van der Waals surface area contributed by atoms with Gasteiger partial charge in [-0.15, -0.1) is 0 Å². The van der Waals surface area contributed by atoms with Gasteiger partial charge in [0.15, 0.2) is 5.69 Å². The van der Waals surface area contributed by atoms with Crippen molar-refractivity contribution in [3.63, 3.8) is 0 Å². The van der Waals surface area contributed by atoms with Crippen LogP contribution in [-0.4, -0.2) is 39.0 Å². The van der Waals surface area contributed by atoms with Crippen LogP contribution in [0.3, 0.4) is 0 Å². The number of rotatable bonds is 6. The van der Waals surface area contributed by atoms with Gasteiger partial charge >= 0.3 is 5.97 Å². The van der Waals surface area contributed by atoms with E-state index in [-0.39, 0.29) is 5.69 Å². The van der Waals surface area contributed by atoms with Gasteiger partial charge in [0.25, 0.3) is 0 Å². The van der Waals surface area contributed by atoms with Crippen LogP contribution < -0.4 is 5.32 Å². The molecule has 0 aliphatic carbocycles. The molecule has 1 aliphatic rings. The molecule has 2 aromatic rings. The second-order valence-corrected chi connectivity index (χ2v) is 6.74. The van der Waals surface area contributed by atoms with Gasteiger partial charge in [-0.1, -0.05) is 31.2 Å². The maximum absolute atomic E-state index is 10.8. The van der Waals surface area contributed by atoms with E-state index in [2.05, 4.69) is 51.4 Å². The number of carbonyl (C=O) groups is 1. The van der Waals surface area contributed by atoms with Crippen LogP contribution in [0.15, 0.2) is 36.7 Å². The highest BCUT2D eigenvalue weighted by molar-refractivity contribution is 5.84. The molecule has 0 amide bonds. The summed E-state index contributed by atoms with van der Waals surface area (Å²) in [6.45, 7) is 6.35. The van der Waals surface area contributed by atoms with Gasteiger partial charge in [-0.2, -0.15) is 0 Å². The van der Waals surface area contributed by atoms with Crippen LogP contribution in [-0.2, 0) is 13.1 Å². The van der Waals surface area contributed by atoms with Gasteiger partial charge in [0.1, 0.15) is 5.82 Å². The van der Waals surface area contributed by atoms with Crippen molar-refractivity contribution in [2.45, 2.75) is 32.9 Å². The molecule has 1 aromatic heterocycles. The SMILES string of the molecule is CC1CCCN(Cc2ccc(CNc3cnc(C(=O)O)cn3)cc2)C1. The van der Waals surface area contributed by atoms with E-state index in [4.69, 9.17) is 5.11 Å². The van der Waals surface area contributed by atoms with E-state index >= 15 is 0 Å². The first-order valence-corrected chi connectivity index (χ1v) is 8.69. The number of nitrogens with one attached hydrogen (secondary N) is 1. The molecular weight excluding hydrogens is 316 g/mol. The molecule has 1 fully saturated rings. The Labute approximate surface area is 147 Å². The Balaban J connectivity index is 1.51. The summed E-state index contributed by atoms with van der Waals surface area (Å²) in [5, 5.41) is 12.0. The zero-order valence-electron chi connectivity index (χ0n) is 14.5. The molecule has 0 bridgehead atoms. The van der Waals surface area contributed by atoms with Gasteiger partial charge in [0.05, 0.1) is 12.4 Å². The summed E-state index contributed by atoms with van der Waals surface area (Å²) < 4.78 is 0. The fraction of sp³-hybridized carbons (Fsp3) is 0.421. The number of hydrogen-bond donors (Lipinski definition) is 2. The predicted octanol–water partition coefficient (Wildman–Crippen LogP) is 3.02. The first-order chi connectivity index (χ1) is 12.1. The van der Waals surface area contributed by atoms with E-state index in [0.29, 0.717) is 12.4 Å². The van der Waals surface area contributed by atoms with Gasteiger partial charge in [-0.25, -0.2) is 14.8 Å². The molecule has 0 radical (unpaired) electrons. The van der Waals surface area contributed by atoms with Gasteiger partial charge in [-0.05, 0) is 36.4 Å². The first kappa shape index (κ1) is 17.4. The van der Waals surface area contributed by atoms with E-state index in [9.17, 15) is 4.79 Å². The lowest BCUT2D eigenvalue weighted by Crippen LogP contribution is -2.33. The Hall–Kier alpha value is -2.47. The van der Waals surface area contributed by atoms with Crippen LogP contribution in [0, 0.1) is 5.92 Å². The highest BCUT2D eigenvalue weighted by atomic mass is 16.4. The molecule has 1 aliphatic heterocycles. The van der Waals surface area contributed by atoms with Crippen molar-refractivity contribution in [2.24, 2.45) is 5.92 Å². The normalized spacial score (nSPS) is 18.0. The Morgan fingerprint density at radius 2 is 2.00 bits per heavy atom. The minimum absolute atomic E-state index is 0.0538. The third-order valence-corrected chi connectivity index (χ3v) is 4.51. The summed E-state index contributed by atoms with van der Waals surface area (Å²) in [5.74, 6) is 0.292. The van der Waals surface area contributed by atoms with Crippen molar-refractivity contribution in [1.29, 1.82) is 0 Å². The van der Waals surface area contributed by atoms with Gasteiger partial charge < -0.3 is 10.4 Å². The summed E-state index contributed by atoms with van der Waals surface area (Å²) in [4.78, 5) is 21.2. The lowest BCUT2D eigenvalue weighted by Gasteiger charge is -2.30. The monoisotopic (exact) mass is 340 g/mol. The second-order valence-electron chi connectivity index (χ2n) is 6.74. The molecule has 6 nitrogen and oxygen atoms in total. The molecule has 6 heteroatoms. The number of hydrogen-bond acceptors (Lipinski definition) is 5. The fourth-order valence-electron chi connectivity index (χ4n) is 3.17. The van der Waals surface area contributed by atoms with Crippen molar-refractivity contribution >= 4 is 11.8 Å². The lowest BCUT2D eigenvalue weighted by molar-refractivity contribution is 0.0690. The number of likely N-dealkylation sites (tertiary alicyclic amines) is 1. The van der Waals surface area contributed by atoms with Gasteiger partial charge in [-0.3, -0.25) is 4.90 Å². The van der Waals surface area contributed by atoms with E-state index < -0.39 is 5.97 Å². The minimum Gasteiger partial charge on any atom is -0.476 e. The van der Waals surface area contributed by atoms with Crippen molar-refractivity contribution in [3.8, 4) is 0 Å². The first-order valence-electron chi connectivity index (χ1n) is 8.69. The Morgan fingerprint density at radius 3 is 2.64 bits per heavy atom. The number of benzene rings is 1. The molecule has 1 atom stereocenters. The lowest BCUT2D eigenvalue weighted by atomic mass is 9.99. The Morgan fingerprint density at radius 1 is 1.24 bits per heavy atom. The zero-order chi connectivity index (χ0) is 17.6. The number of anilines is 1. The van der Waals surface area contributed by atoms with Crippen LogP contribution >= 0.6 is 0 Å². The number of piperidine rings is 1. The second kappa shape index (κ2) is 8.07. The zero-order valence-corrected chi connectivity index (χ0v) is 14.5. The summed E-state index contributed by atoms with van der Waals surface area (Å²) in [7, 11) is 0. The molecule has 2 N–H and O–H groups in total. The van der Waals surface area contributed by atoms with E-state index in [1.165, 1.54) is 43.9 Å². The van der Waals surface area contributed by atoms with Crippen molar-refractivity contribution in [1.82, 2.24) is 14.9 Å². The average molecular weight is 340 g/mol. The third-order valence-electron chi connectivity index (χ3n) is 4.51. The predicted molar refractivity (Wildman–Crippen MR) is 96.4 cm³/mol. The van der Waals surface area contributed by atoms with Crippen LogP contribution in [0.5, 0.6) is 0 Å². The number of aromatic carboxylic acids is 1. The highest BCUT2D eigenvalue weighted by Crippen LogP contribution is 2.18. The van der Waals surface area contributed by atoms with Crippen molar-refractivity contribution in [2.75, 3.05) is 18.4 Å². The van der Waals surface area contributed by atoms with E-state index in [1.807, 2.05) is 0 Å². The van der Waals surface area contributed by atoms with Gasteiger partial charge in [0.2, 0.25) is 0 Å². The van der Waals surface area contributed by atoms with Crippen LogP contribution in [0.25, 0.3) is 0 Å².